The average Bonchev–Trinajstić information content (AvgIpc) is 2.10. The van der Waals surface area contributed by atoms with Gasteiger partial charge in [0.15, 0.2) is 0 Å². The summed E-state index contributed by atoms with van der Waals surface area (Å²) in [6.45, 7) is 0.991. The highest BCUT2D eigenvalue weighted by atomic mass is 32.2. The van der Waals surface area contributed by atoms with Crippen molar-refractivity contribution in [3.8, 4) is 0 Å². The Bertz CT molecular complexity index is 295. The Kier molecular flexibility index (Phi) is 5.05. The highest BCUT2D eigenvalue weighted by molar-refractivity contribution is 7.99. The van der Waals surface area contributed by atoms with Crippen molar-refractivity contribution in [2.75, 3.05) is 26.4 Å². The number of benzene rings is 1. The van der Waals surface area contributed by atoms with Gasteiger partial charge in [0.1, 0.15) is 11.6 Å². The Hall–Kier alpha value is -0.610. The molecule has 0 amide bonds. The molecular formula is C11H15F2NS. The van der Waals surface area contributed by atoms with Crippen LogP contribution in [0.4, 0.5) is 8.78 Å². The predicted molar refractivity (Wildman–Crippen MR) is 60.3 cm³/mol. The van der Waals surface area contributed by atoms with Gasteiger partial charge in [0.2, 0.25) is 0 Å². The molecule has 0 heterocycles. The third kappa shape index (κ3) is 5.14. The van der Waals surface area contributed by atoms with E-state index in [4.69, 9.17) is 0 Å². The molecule has 15 heavy (non-hydrogen) atoms. The summed E-state index contributed by atoms with van der Waals surface area (Å²) in [5, 5.41) is 0. The lowest BCUT2D eigenvalue weighted by Crippen LogP contribution is -2.13. The van der Waals surface area contributed by atoms with Crippen molar-refractivity contribution in [2.45, 2.75) is 11.3 Å². The van der Waals surface area contributed by atoms with E-state index < -0.39 is 11.6 Å². The van der Waals surface area contributed by atoms with Gasteiger partial charge < -0.3 is 4.90 Å². The summed E-state index contributed by atoms with van der Waals surface area (Å²) >= 11 is 1.48. The van der Waals surface area contributed by atoms with Crippen LogP contribution in [0.5, 0.6) is 0 Å². The first kappa shape index (κ1) is 12.5. The van der Waals surface area contributed by atoms with Gasteiger partial charge in [-0.05, 0) is 44.9 Å². The largest absolute Gasteiger partial charge is 0.309 e. The molecule has 0 unspecified atom stereocenters. The normalized spacial score (nSPS) is 11.0. The minimum atomic E-state index is -0.509. The van der Waals surface area contributed by atoms with Crippen molar-refractivity contribution < 1.29 is 8.78 Å². The van der Waals surface area contributed by atoms with Crippen LogP contribution in [-0.4, -0.2) is 31.3 Å². The van der Waals surface area contributed by atoms with Gasteiger partial charge in [-0.2, -0.15) is 0 Å². The van der Waals surface area contributed by atoms with E-state index in [0.717, 1.165) is 24.8 Å². The molecule has 0 atom stereocenters. The Balaban J connectivity index is 2.37. The number of hydrogen-bond donors (Lipinski definition) is 0. The highest BCUT2D eigenvalue weighted by Crippen LogP contribution is 2.21. The molecule has 1 aromatic rings. The summed E-state index contributed by atoms with van der Waals surface area (Å²) in [4.78, 5) is 2.75. The minimum Gasteiger partial charge on any atom is -0.309 e. The summed E-state index contributed by atoms with van der Waals surface area (Å²) in [5.74, 6) is -0.142. The lowest BCUT2D eigenvalue weighted by Gasteiger charge is -2.08. The summed E-state index contributed by atoms with van der Waals surface area (Å²) in [7, 11) is 4.01. The third-order valence-corrected chi connectivity index (χ3v) is 2.92. The number of nitrogens with zero attached hydrogens (tertiary/aromatic N) is 1. The fraction of sp³-hybridized carbons (Fsp3) is 0.455. The van der Waals surface area contributed by atoms with E-state index in [1.54, 1.807) is 0 Å². The topological polar surface area (TPSA) is 3.24 Å². The van der Waals surface area contributed by atoms with Crippen LogP contribution < -0.4 is 0 Å². The summed E-state index contributed by atoms with van der Waals surface area (Å²) < 4.78 is 25.6. The van der Waals surface area contributed by atoms with Gasteiger partial charge in [0, 0.05) is 11.0 Å². The Morgan fingerprint density at radius 3 is 2.27 bits per heavy atom. The van der Waals surface area contributed by atoms with Crippen LogP contribution in [-0.2, 0) is 0 Å². The monoisotopic (exact) mass is 231 g/mol. The molecule has 0 bridgehead atoms. The second kappa shape index (κ2) is 6.08. The first-order chi connectivity index (χ1) is 7.08. The number of thioether (sulfide) groups is 1. The van der Waals surface area contributed by atoms with Crippen molar-refractivity contribution in [3.63, 3.8) is 0 Å². The summed E-state index contributed by atoms with van der Waals surface area (Å²) in [6.07, 6.45) is 1.01. The van der Waals surface area contributed by atoms with Gasteiger partial charge >= 0.3 is 0 Å². The van der Waals surface area contributed by atoms with Crippen molar-refractivity contribution in [3.05, 3.63) is 29.8 Å². The molecule has 0 aliphatic carbocycles. The molecule has 4 heteroatoms. The molecule has 0 spiro atoms. The van der Waals surface area contributed by atoms with Crippen LogP contribution in [0.25, 0.3) is 0 Å². The minimum absolute atomic E-state index is 0.509. The zero-order chi connectivity index (χ0) is 11.3. The Morgan fingerprint density at radius 1 is 1.13 bits per heavy atom. The van der Waals surface area contributed by atoms with Crippen LogP contribution in [0.2, 0.25) is 0 Å². The number of halogens is 2. The fourth-order valence-electron chi connectivity index (χ4n) is 1.18. The molecule has 0 aliphatic heterocycles. The van der Waals surface area contributed by atoms with Crippen LogP contribution in [0.15, 0.2) is 23.1 Å². The molecule has 1 nitrogen and oxygen atoms in total. The average molecular weight is 231 g/mol. The highest BCUT2D eigenvalue weighted by Gasteiger charge is 2.01. The maximum absolute atomic E-state index is 12.8. The first-order valence-electron chi connectivity index (χ1n) is 4.81. The van der Waals surface area contributed by atoms with Gasteiger partial charge in [-0.3, -0.25) is 0 Å². The van der Waals surface area contributed by atoms with Gasteiger partial charge in [-0.1, -0.05) is 0 Å². The van der Waals surface area contributed by atoms with Gasteiger partial charge in [0.05, 0.1) is 0 Å². The predicted octanol–water partition coefficient (Wildman–Crippen LogP) is 3.01. The van der Waals surface area contributed by atoms with E-state index in [0.29, 0.717) is 4.90 Å². The molecule has 0 N–H and O–H groups in total. The van der Waals surface area contributed by atoms with Gasteiger partial charge in [-0.15, -0.1) is 11.8 Å². The van der Waals surface area contributed by atoms with Crippen LogP contribution in [0.1, 0.15) is 6.42 Å². The quantitative estimate of drug-likeness (QED) is 0.566. The molecule has 0 fully saturated rings. The molecule has 84 valence electrons. The zero-order valence-electron chi connectivity index (χ0n) is 8.96. The maximum Gasteiger partial charge on any atom is 0.127 e. The molecule has 0 aliphatic rings. The van der Waals surface area contributed by atoms with E-state index in [1.807, 2.05) is 14.1 Å². The molecular weight excluding hydrogens is 216 g/mol. The zero-order valence-corrected chi connectivity index (χ0v) is 9.78. The SMILES string of the molecule is CN(C)CCCSc1cc(F)cc(F)c1. The van der Waals surface area contributed by atoms with E-state index in [2.05, 4.69) is 4.90 Å². The van der Waals surface area contributed by atoms with Gasteiger partial charge in [0.25, 0.3) is 0 Å². The standard InChI is InChI=1S/C11H15F2NS/c1-14(2)4-3-5-15-11-7-9(12)6-10(13)8-11/h6-8H,3-5H2,1-2H3. The Morgan fingerprint density at radius 2 is 1.73 bits per heavy atom. The van der Waals surface area contributed by atoms with Crippen molar-refractivity contribution in [2.24, 2.45) is 0 Å². The number of rotatable bonds is 5. The summed E-state index contributed by atoms with van der Waals surface area (Å²) in [6, 6.07) is 3.62. The van der Waals surface area contributed by atoms with E-state index >= 15 is 0 Å². The molecule has 1 aromatic carbocycles. The van der Waals surface area contributed by atoms with Crippen LogP contribution in [0, 0.1) is 11.6 Å². The number of hydrogen-bond acceptors (Lipinski definition) is 2. The van der Waals surface area contributed by atoms with Crippen LogP contribution in [0.3, 0.4) is 0 Å². The lowest BCUT2D eigenvalue weighted by molar-refractivity contribution is 0.410. The molecule has 0 aromatic heterocycles. The van der Waals surface area contributed by atoms with Gasteiger partial charge in [-0.25, -0.2) is 8.78 Å². The maximum atomic E-state index is 12.8. The lowest BCUT2D eigenvalue weighted by atomic mass is 10.3. The fourth-order valence-corrected chi connectivity index (χ4v) is 2.08. The summed E-state index contributed by atoms with van der Waals surface area (Å²) in [5.41, 5.74) is 0. The third-order valence-electron chi connectivity index (χ3n) is 1.85. The van der Waals surface area contributed by atoms with E-state index in [-0.39, 0.29) is 0 Å². The van der Waals surface area contributed by atoms with E-state index in [9.17, 15) is 8.78 Å². The van der Waals surface area contributed by atoms with Crippen LogP contribution >= 0.6 is 11.8 Å². The van der Waals surface area contributed by atoms with Crippen molar-refractivity contribution in [1.82, 2.24) is 4.90 Å². The molecule has 0 saturated carbocycles. The van der Waals surface area contributed by atoms with Crippen molar-refractivity contribution >= 4 is 11.8 Å². The smallest absolute Gasteiger partial charge is 0.127 e. The molecule has 0 radical (unpaired) electrons. The molecule has 1 rings (SSSR count). The molecule has 0 saturated heterocycles. The van der Waals surface area contributed by atoms with Crippen molar-refractivity contribution in [1.29, 1.82) is 0 Å². The first-order valence-corrected chi connectivity index (χ1v) is 5.80. The Labute approximate surface area is 93.5 Å². The second-order valence-electron chi connectivity index (χ2n) is 3.61. The second-order valence-corrected chi connectivity index (χ2v) is 4.78. The van der Waals surface area contributed by atoms with E-state index in [1.165, 1.54) is 23.9 Å².